The van der Waals surface area contributed by atoms with Gasteiger partial charge in [-0.2, -0.15) is 0 Å². The molecule has 1 heteroatoms. The van der Waals surface area contributed by atoms with Crippen LogP contribution in [0.15, 0.2) is 42.0 Å². The summed E-state index contributed by atoms with van der Waals surface area (Å²) in [5, 5.41) is 0. The van der Waals surface area contributed by atoms with E-state index >= 15 is 0 Å². The van der Waals surface area contributed by atoms with Gasteiger partial charge in [0.15, 0.2) is 0 Å². The zero-order valence-corrected chi connectivity index (χ0v) is 11.9. The molecule has 0 saturated carbocycles. The van der Waals surface area contributed by atoms with E-state index in [2.05, 4.69) is 62.2 Å². The first-order valence-electron chi connectivity index (χ1n) is 7.10. The third kappa shape index (κ3) is 3.46. The number of rotatable bonds is 5. The Morgan fingerprint density at radius 1 is 1.17 bits per heavy atom. The third-order valence-electron chi connectivity index (χ3n) is 3.86. The van der Waals surface area contributed by atoms with Crippen molar-refractivity contribution in [1.29, 1.82) is 0 Å². The molecule has 1 aromatic carbocycles. The summed E-state index contributed by atoms with van der Waals surface area (Å²) in [6, 6.07) is 11.5. The van der Waals surface area contributed by atoms with E-state index in [-0.39, 0.29) is 0 Å². The predicted molar refractivity (Wildman–Crippen MR) is 78.7 cm³/mol. The van der Waals surface area contributed by atoms with Gasteiger partial charge in [0.05, 0.1) is 0 Å². The number of benzene rings is 1. The fourth-order valence-corrected chi connectivity index (χ4v) is 2.88. The van der Waals surface area contributed by atoms with E-state index in [1.165, 1.54) is 24.8 Å². The van der Waals surface area contributed by atoms with Gasteiger partial charge < -0.3 is 0 Å². The van der Waals surface area contributed by atoms with Gasteiger partial charge in [0.25, 0.3) is 0 Å². The van der Waals surface area contributed by atoms with Crippen molar-refractivity contribution in [2.75, 3.05) is 13.6 Å². The van der Waals surface area contributed by atoms with Gasteiger partial charge in [-0.15, -0.1) is 0 Å². The fraction of sp³-hybridized carbons (Fsp3) is 0.529. The first-order chi connectivity index (χ1) is 8.66. The van der Waals surface area contributed by atoms with Crippen molar-refractivity contribution < 1.29 is 0 Å². The Bertz CT molecular complexity index is 391. The van der Waals surface area contributed by atoms with Crippen molar-refractivity contribution in [2.24, 2.45) is 5.92 Å². The lowest BCUT2D eigenvalue weighted by Crippen LogP contribution is -2.30. The average Bonchev–Trinajstić information content (AvgIpc) is 2.72. The van der Waals surface area contributed by atoms with Gasteiger partial charge in [-0.05, 0) is 37.8 Å². The van der Waals surface area contributed by atoms with Crippen molar-refractivity contribution >= 4 is 0 Å². The summed E-state index contributed by atoms with van der Waals surface area (Å²) < 4.78 is 0. The molecule has 1 aromatic rings. The smallest absolute Gasteiger partial charge is 0.0304 e. The van der Waals surface area contributed by atoms with Crippen LogP contribution in [0.2, 0.25) is 0 Å². The molecule has 0 spiro atoms. The van der Waals surface area contributed by atoms with Gasteiger partial charge in [0.2, 0.25) is 0 Å². The van der Waals surface area contributed by atoms with E-state index in [9.17, 15) is 0 Å². The van der Waals surface area contributed by atoms with Crippen LogP contribution < -0.4 is 0 Å². The zero-order valence-electron chi connectivity index (χ0n) is 11.9. The van der Waals surface area contributed by atoms with Gasteiger partial charge in [-0.1, -0.05) is 55.8 Å². The molecule has 0 N–H and O–H groups in total. The molecule has 0 aromatic heterocycles. The van der Waals surface area contributed by atoms with E-state index < -0.39 is 0 Å². The fourth-order valence-electron chi connectivity index (χ4n) is 2.88. The minimum absolute atomic E-state index is 0.650. The first kappa shape index (κ1) is 13.4. The predicted octanol–water partition coefficient (Wildman–Crippen LogP) is 3.91. The highest BCUT2D eigenvalue weighted by molar-refractivity contribution is 5.18. The van der Waals surface area contributed by atoms with Gasteiger partial charge in [-0.3, -0.25) is 4.90 Å². The monoisotopic (exact) mass is 243 g/mol. The molecule has 0 fully saturated rings. The molecule has 1 aliphatic rings. The quantitative estimate of drug-likeness (QED) is 0.709. The van der Waals surface area contributed by atoms with E-state index in [1.807, 2.05) is 0 Å². The lowest BCUT2D eigenvalue weighted by molar-refractivity contribution is 0.272. The Balaban J connectivity index is 1.80. The Labute approximate surface area is 112 Å². The third-order valence-corrected chi connectivity index (χ3v) is 3.86. The molecule has 1 heterocycles. The van der Waals surface area contributed by atoms with Crippen LogP contribution in [-0.2, 0) is 6.42 Å². The van der Waals surface area contributed by atoms with Gasteiger partial charge in [-0.25, -0.2) is 0 Å². The number of nitrogens with zero attached hydrogens (tertiary/aromatic N) is 1. The minimum atomic E-state index is 0.650. The molecule has 0 aliphatic carbocycles. The Morgan fingerprint density at radius 2 is 1.89 bits per heavy atom. The molecule has 1 aliphatic heterocycles. The Kier molecular flexibility index (Phi) is 4.60. The van der Waals surface area contributed by atoms with Crippen LogP contribution in [0.5, 0.6) is 0 Å². The number of likely N-dealkylation sites (N-methyl/N-ethyl adjacent to an activating group) is 1. The molecular formula is C17H25N. The summed E-state index contributed by atoms with van der Waals surface area (Å²) in [6.45, 7) is 5.78. The van der Waals surface area contributed by atoms with Crippen LogP contribution in [-0.4, -0.2) is 24.5 Å². The molecule has 1 atom stereocenters. The largest absolute Gasteiger partial charge is 0.296 e. The molecule has 0 radical (unpaired) electrons. The van der Waals surface area contributed by atoms with E-state index in [0.717, 1.165) is 12.5 Å². The van der Waals surface area contributed by atoms with Crippen molar-refractivity contribution in [3.63, 3.8) is 0 Å². The maximum Gasteiger partial charge on any atom is 0.0304 e. The van der Waals surface area contributed by atoms with Crippen LogP contribution in [0, 0.1) is 5.92 Å². The summed E-state index contributed by atoms with van der Waals surface area (Å²) in [5.74, 6) is 0.724. The molecular weight excluding hydrogens is 218 g/mol. The van der Waals surface area contributed by atoms with Crippen molar-refractivity contribution in [3.05, 3.63) is 47.5 Å². The Hall–Kier alpha value is -1.08. The second-order valence-electron chi connectivity index (χ2n) is 5.81. The molecule has 2 rings (SSSR count). The second-order valence-corrected chi connectivity index (χ2v) is 5.81. The molecule has 0 amide bonds. The lowest BCUT2D eigenvalue weighted by atomic mass is 10.0. The molecule has 98 valence electrons. The second kappa shape index (κ2) is 6.19. The van der Waals surface area contributed by atoms with Gasteiger partial charge in [0, 0.05) is 12.6 Å². The molecule has 18 heavy (non-hydrogen) atoms. The normalized spacial score (nSPS) is 20.4. The highest BCUT2D eigenvalue weighted by Gasteiger charge is 2.23. The van der Waals surface area contributed by atoms with Crippen molar-refractivity contribution in [1.82, 2.24) is 4.90 Å². The minimum Gasteiger partial charge on any atom is -0.296 e. The van der Waals surface area contributed by atoms with Crippen LogP contribution in [0.4, 0.5) is 0 Å². The van der Waals surface area contributed by atoms with Crippen LogP contribution >= 0.6 is 0 Å². The van der Waals surface area contributed by atoms with E-state index in [4.69, 9.17) is 0 Å². The van der Waals surface area contributed by atoms with Gasteiger partial charge in [0.1, 0.15) is 0 Å². The summed E-state index contributed by atoms with van der Waals surface area (Å²) >= 11 is 0. The molecule has 0 bridgehead atoms. The topological polar surface area (TPSA) is 3.24 Å². The van der Waals surface area contributed by atoms with Gasteiger partial charge >= 0.3 is 0 Å². The summed E-state index contributed by atoms with van der Waals surface area (Å²) in [7, 11) is 2.24. The molecule has 0 saturated heterocycles. The first-order valence-corrected chi connectivity index (χ1v) is 7.10. The molecule has 1 nitrogen and oxygen atoms in total. The SMILES string of the molecule is CC(C)C1C=C(CCCc2ccccc2)CN1C. The van der Waals surface area contributed by atoms with Crippen LogP contribution in [0.25, 0.3) is 0 Å². The Morgan fingerprint density at radius 3 is 2.50 bits per heavy atom. The van der Waals surface area contributed by atoms with E-state index in [1.54, 1.807) is 5.57 Å². The van der Waals surface area contributed by atoms with E-state index in [0.29, 0.717) is 6.04 Å². The standard InChI is InChI=1S/C17H25N/c1-14(2)17-12-16(13-18(17)3)11-7-10-15-8-5-4-6-9-15/h4-6,8-9,12,14,17H,7,10-11,13H2,1-3H3. The lowest BCUT2D eigenvalue weighted by Gasteiger charge is -2.22. The number of aryl methyl sites for hydroxylation is 1. The van der Waals surface area contributed by atoms with Crippen LogP contribution in [0.3, 0.4) is 0 Å². The molecule has 1 unspecified atom stereocenters. The summed E-state index contributed by atoms with van der Waals surface area (Å²) in [6.07, 6.45) is 6.22. The summed E-state index contributed by atoms with van der Waals surface area (Å²) in [5.41, 5.74) is 3.09. The van der Waals surface area contributed by atoms with Crippen LogP contribution in [0.1, 0.15) is 32.3 Å². The maximum atomic E-state index is 2.50. The maximum absolute atomic E-state index is 2.50. The highest BCUT2D eigenvalue weighted by Crippen LogP contribution is 2.23. The zero-order chi connectivity index (χ0) is 13.0. The summed E-state index contributed by atoms with van der Waals surface area (Å²) in [4.78, 5) is 2.47. The highest BCUT2D eigenvalue weighted by atomic mass is 15.1. The van der Waals surface area contributed by atoms with Crippen molar-refractivity contribution in [3.8, 4) is 0 Å². The number of hydrogen-bond acceptors (Lipinski definition) is 1. The number of hydrogen-bond donors (Lipinski definition) is 0. The van der Waals surface area contributed by atoms with Crippen molar-refractivity contribution in [2.45, 2.75) is 39.2 Å². The average molecular weight is 243 g/mol.